The largest absolute Gasteiger partial charge is 0.465 e. The van der Waals surface area contributed by atoms with Crippen molar-refractivity contribution in [2.45, 2.75) is 19.1 Å². The van der Waals surface area contributed by atoms with Gasteiger partial charge in [0.15, 0.2) is 0 Å². The molecule has 0 saturated carbocycles. The molecule has 21 heavy (non-hydrogen) atoms. The Labute approximate surface area is 121 Å². The standard InChI is InChI=1S/C14H18F3NO3/c1-3-21-13(19)12(18-8-9-20-2)10-4-6-11(7-5-10)14(15,16)17/h4-7,12,18H,3,8-9H2,1-2H3. The minimum atomic E-state index is -4.40. The molecule has 4 nitrogen and oxygen atoms in total. The zero-order valence-electron chi connectivity index (χ0n) is 11.9. The first kappa shape index (κ1) is 17.5. The summed E-state index contributed by atoms with van der Waals surface area (Å²) >= 11 is 0. The zero-order valence-corrected chi connectivity index (χ0v) is 11.9. The van der Waals surface area contributed by atoms with Gasteiger partial charge in [0.05, 0.1) is 18.8 Å². The van der Waals surface area contributed by atoms with E-state index in [1.807, 2.05) is 0 Å². The molecule has 1 rings (SSSR count). The number of nitrogens with one attached hydrogen (secondary N) is 1. The predicted molar refractivity (Wildman–Crippen MR) is 70.7 cm³/mol. The molecule has 0 radical (unpaired) electrons. The second-order valence-corrected chi connectivity index (χ2v) is 4.25. The molecule has 0 aliphatic carbocycles. The quantitative estimate of drug-likeness (QED) is 0.621. The summed E-state index contributed by atoms with van der Waals surface area (Å²) in [6, 6.07) is 3.61. The Bertz CT molecular complexity index is 446. The average Bonchev–Trinajstić information content (AvgIpc) is 2.43. The van der Waals surface area contributed by atoms with Crippen molar-refractivity contribution in [3.05, 3.63) is 35.4 Å². The highest BCUT2D eigenvalue weighted by Crippen LogP contribution is 2.30. The Hall–Kier alpha value is -1.60. The molecule has 1 aromatic rings. The predicted octanol–water partition coefficient (Wildman–Crippen LogP) is 2.55. The van der Waals surface area contributed by atoms with E-state index in [1.54, 1.807) is 6.92 Å². The number of ether oxygens (including phenoxy) is 2. The Balaban J connectivity index is 2.89. The molecule has 1 unspecified atom stereocenters. The lowest BCUT2D eigenvalue weighted by atomic mass is 10.0. The van der Waals surface area contributed by atoms with E-state index in [2.05, 4.69) is 5.32 Å². The summed E-state index contributed by atoms with van der Waals surface area (Å²) in [6.07, 6.45) is -4.40. The summed E-state index contributed by atoms with van der Waals surface area (Å²) in [4.78, 5) is 11.9. The number of esters is 1. The highest BCUT2D eigenvalue weighted by Gasteiger charge is 2.31. The molecule has 0 aliphatic heterocycles. The van der Waals surface area contributed by atoms with Crippen LogP contribution in [0.5, 0.6) is 0 Å². The van der Waals surface area contributed by atoms with E-state index < -0.39 is 23.8 Å². The second-order valence-electron chi connectivity index (χ2n) is 4.25. The number of rotatable bonds is 7. The zero-order chi connectivity index (χ0) is 15.9. The van der Waals surface area contributed by atoms with Gasteiger partial charge in [0.1, 0.15) is 6.04 Å². The van der Waals surface area contributed by atoms with Gasteiger partial charge in [-0.25, -0.2) is 4.79 Å². The molecule has 0 bridgehead atoms. The van der Waals surface area contributed by atoms with Crippen molar-refractivity contribution in [2.75, 3.05) is 26.9 Å². The highest BCUT2D eigenvalue weighted by atomic mass is 19.4. The van der Waals surface area contributed by atoms with E-state index in [1.165, 1.54) is 19.2 Å². The van der Waals surface area contributed by atoms with Crippen LogP contribution in [0.1, 0.15) is 24.1 Å². The maximum absolute atomic E-state index is 12.5. The lowest BCUT2D eigenvalue weighted by molar-refractivity contribution is -0.145. The summed E-state index contributed by atoms with van der Waals surface area (Å²) in [5.41, 5.74) is -0.344. The summed E-state index contributed by atoms with van der Waals surface area (Å²) in [7, 11) is 1.51. The molecular weight excluding hydrogens is 287 g/mol. The van der Waals surface area contributed by atoms with Crippen LogP contribution >= 0.6 is 0 Å². The minimum absolute atomic E-state index is 0.196. The van der Waals surface area contributed by atoms with Crippen LogP contribution in [-0.2, 0) is 20.4 Å². The summed E-state index contributed by atoms with van der Waals surface area (Å²) in [5.74, 6) is -0.534. The van der Waals surface area contributed by atoms with E-state index in [0.717, 1.165) is 12.1 Å². The average molecular weight is 305 g/mol. The molecule has 118 valence electrons. The number of halogens is 3. The SMILES string of the molecule is CCOC(=O)C(NCCOC)c1ccc(C(F)(F)F)cc1. The molecule has 0 spiro atoms. The number of methoxy groups -OCH3 is 1. The maximum Gasteiger partial charge on any atom is 0.416 e. The third-order valence-electron chi connectivity index (χ3n) is 2.75. The van der Waals surface area contributed by atoms with Gasteiger partial charge in [-0.15, -0.1) is 0 Å². The molecule has 1 N–H and O–H groups in total. The van der Waals surface area contributed by atoms with Crippen molar-refractivity contribution in [1.29, 1.82) is 0 Å². The summed E-state index contributed by atoms with van der Waals surface area (Å²) in [6.45, 7) is 2.61. The molecule has 0 saturated heterocycles. The van der Waals surface area contributed by atoms with E-state index in [-0.39, 0.29) is 6.61 Å². The third kappa shape index (κ3) is 5.35. The normalized spacial score (nSPS) is 13.0. The van der Waals surface area contributed by atoms with Crippen LogP contribution in [0.2, 0.25) is 0 Å². The summed E-state index contributed by atoms with van der Waals surface area (Å²) < 4.78 is 47.4. The first-order valence-corrected chi connectivity index (χ1v) is 6.46. The van der Waals surface area contributed by atoms with Crippen molar-refractivity contribution in [3.63, 3.8) is 0 Å². The molecule has 0 aromatic heterocycles. The van der Waals surface area contributed by atoms with Gasteiger partial charge in [-0.05, 0) is 24.6 Å². The van der Waals surface area contributed by atoms with Gasteiger partial charge in [0, 0.05) is 13.7 Å². The van der Waals surface area contributed by atoms with Gasteiger partial charge < -0.3 is 9.47 Å². The van der Waals surface area contributed by atoms with Crippen LogP contribution in [0, 0.1) is 0 Å². The second kappa shape index (κ2) is 7.99. The van der Waals surface area contributed by atoms with E-state index in [9.17, 15) is 18.0 Å². The van der Waals surface area contributed by atoms with Crippen molar-refractivity contribution in [2.24, 2.45) is 0 Å². The fourth-order valence-corrected chi connectivity index (χ4v) is 1.73. The number of alkyl halides is 3. The first-order chi connectivity index (χ1) is 9.90. The Morgan fingerprint density at radius 2 is 1.90 bits per heavy atom. The molecule has 0 aliphatic rings. The fraction of sp³-hybridized carbons (Fsp3) is 0.500. The molecule has 7 heteroatoms. The number of carbonyl (C=O) groups excluding carboxylic acids is 1. The first-order valence-electron chi connectivity index (χ1n) is 6.46. The fourth-order valence-electron chi connectivity index (χ4n) is 1.73. The Morgan fingerprint density at radius 3 is 2.38 bits per heavy atom. The van der Waals surface area contributed by atoms with E-state index >= 15 is 0 Å². The monoisotopic (exact) mass is 305 g/mol. The molecule has 0 amide bonds. The van der Waals surface area contributed by atoms with Crippen LogP contribution in [0.4, 0.5) is 13.2 Å². The van der Waals surface area contributed by atoms with Gasteiger partial charge >= 0.3 is 12.1 Å². The van der Waals surface area contributed by atoms with Gasteiger partial charge in [-0.2, -0.15) is 13.2 Å². The Kier molecular flexibility index (Phi) is 6.64. The minimum Gasteiger partial charge on any atom is -0.465 e. The summed E-state index contributed by atoms with van der Waals surface area (Å²) in [5, 5.41) is 2.90. The van der Waals surface area contributed by atoms with Crippen LogP contribution < -0.4 is 5.32 Å². The van der Waals surface area contributed by atoms with Crippen LogP contribution in [0.3, 0.4) is 0 Å². The van der Waals surface area contributed by atoms with Crippen molar-refractivity contribution in [3.8, 4) is 0 Å². The molecule has 1 aromatic carbocycles. The number of hydrogen-bond acceptors (Lipinski definition) is 4. The van der Waals surface area contributed by atoms with Crippen LogP contribution in [0.25, 0.3) is 0 Å². The van der Waals surface area contributed by atoms with Crippen LogP contribution in [0.15, 0.2) is 24.3 Å². The topological polar surface area (TPSA) is 47.6 Å². The lowest BCUT2D eigenvalue weighted by Crippen LogP contribution is -2.32. The number of benzene rings is 1. The van der Waals surface area contributed by atoms with Crippen molar-refractivity contribution < 1.29 is 27.4 Å². The lowest BCUT2D eigenvalue weighted by Gasteiger charge is -2.18. The number of carbonyl (C=O) groups is 1. The van der Waals surface area contributed by atoms with Gasteiger partial charge in [-0.3, -0.25) is 5.32 Å². The molecule has 1 atom stereocenters. The van der Waals surface area contributed by atoms with E-state index in [4.69, 9.17) is 9.47 Å². The Morgan fingerprint density at radius 1 is 1.29 bits per heavy atom. The van der Waals surface area contributed by atoms with Crippen molar-refractivity contribution >= 4 is 5.97 Å². The van der Waals surface area contributed by atoms with E-state index in [0.29, 0.717) is 18.7 Å². The maximum atomic E-state index is 12.5. The van der Waals surface area contributed by atoms with Gasteiger partial charge in [-0.1, -0.05) is 12.1 Å². The molecular formula is C14H18F3NO3. The van der Waals surface area contributed by atoms with Gasteiger partial charge in [0.25, 0.3) is 0 Å². The molecule has 0 fully saturated rings. The van der Waals surface area contributed by atoms with Gasteiger partial charge in [0.2, 0.25) is 0 Å². The number of hydrogen-bond donors (Lipinski definition) is 1. The van der Waals surface area contributed by atoms with Crippen LogP contribution in [-0.4, -0.2) is 32.8 Å². The van der Waals surface area contributed by atoms with Crippen molar-refractivity contribution in [1.82, 2.24) is 5.32 Å². The third-order valence-corrected chi connectivity index (χ3v) is 2.75. The molecule has 0 heterocycles. The smallest absolute Gasteiger partial charge is 0.416 e. The highest BCUT2D eigenvalue weighted by molar-refractivity contribution is 5.77.